The molecule has 1 N–H and O–H groups in total. The Morgan fingerprint density at radius 3 is 2.13 bits per heavy atom. The van der Waals surface area contributed by atoms with E-state index in [1.54, 1.807) is 19.0 Å². The van der Waals surface area contributed by atoms with Gasteiger partial charge in [-0.1, -0.05) is 0 Å². The van der Waals surface area contributed by atoms with Gasteiger partial charge in [-0.25, -0.2) is 8.42 Å². The standard InChI is InChI=1S/C8H18N2O4S/c1-4-15(13,14)10(7-8(11)12)6-5-9(2)3/h4-7H2,1-3H3,(H,11,12). The number of carboxylic acid groups (broad SMARTS) is 1. The van der Waals surface area contributed by atoms with Crippen LogP contribution in [0.4, 0.5) is 0 Å². The van der Waals surface area contributed by atoms with Crippen LogP contribution in [0.25, 0.3) is 0 Å². The average Bonchev–Trinajstić information content (AvgIpc) is 2.11. The van der Waals surface area contributed by atoms with E-state index in [4.69, 9.17) is 5.11 Å². The van der Waals surface area contributed by atoms with Crippen LogP contribution < -0.4 is 0 Å². The average molecular weight is 238 g/mol. The second-order valence-corrected chi connectivity index (χ2v) is 5.69. The fourth-order valence-corrected chi connectivity index (χ4v) is 1.99. The fraction of sp³-hybridized carbons (Fsp3) is 0.875. The predicted molar refractivity (Wildman–Crippen MR) is 57.2 cm³/mol. The van der Waals surface area contributed by atoms with Gasteiger partial charge < -0.3 is 10.0 Å². The number of hydrogen-bond acceptors (Lipinski definition) is 4. The van der Waals surface area contributed by atoms with Gasteiger partial charge in [-0.05, 0) is 21.0 Å². The number of rotatable bonds is 7. The molecule has 0 heterocycles. The first-order chi connectivity index (χ1) is 6.79. The third-order valence-electron chi connectivity index (χ3n) is 1.87. The van der Waals surface area contributed by atoms with Crippen molar-refractivity contribution < 1.29 is 18.3 Å². The second-order valence-electron chi connectivity index (χ2n) is 3.43. The second kappa shape index (κ2) is 6.04. The minimum atomic E-state index is -3.43. The zero-order valence-electron chi connectivity index (χ0n) is 9.30. The molecule has 0 saturated carbocycles. The quantitative estimate of drug-likeness (QED) is 0.633. The Morgan fingerprint density at radius 1 is 1.27 bits per heavy atom. The number of carbonyl (C=O) groups is 1. The van der Waals surface area contributed by atoms with Crippen molar-refractivity contribution in [2.75, 3.05) is 39.5 Å². The topological polar surface area (TPSA) is 77.9 Å². The molecule has 90 valence electrons. The van der Waals surface area contributed by atoms with Crippen molar-refractivity contribution in [1.82, 2.24) is 9.21 Å². The molecule has 0 fully saturated rings. The van der Waals surface area contributed by atoms with Crippen molar-refractivity contribution in [1.29, 1.82) is 0 Å². The van der Waals surface area contributed by atoms with E-state index in [9.17, 15) is 13.2 Å². The van der Waals surface area contributed by atoms with E-state index in [2.05, 4.69) is 0 Å². The Bertz CT molecular complexity index is 300. The van der Waals surface area contributed by atoms with Crippen LogP contribution in [0.15, 0.2) is 0 Å². The lowest BCUT2D eigenvalue weighted by molar-refractivity contribution is -0.137. The van der Waals surface area contributed by atoms with Crippen LogP contribution in [0.2, 0.25) is 0 Å². The molecule has 0 saturated heterocycles. The molecular weight excluding hydrogens is 220 g/mol. The molecule has 0 aliphatic heterocycles. The zero-order chi connectivity index (χ0) is 12.1. The summed E-state index contributed by atoms with van der Waals surface area (Å²) in [6, 6.07) is 0. The summed E-state index contributed by atoms with van der Waals surface area (Å²) in [5.41, 5.74) is 0. The van der Waals surface area contributed by atoms with Crippen LogP contribution in [0.5, 0.6) is 0 Å². The number of nitrogens with zero attached hydrogens (tertiary/aromatic N) is 2. The van der Waals surface area contributed by atoms with Gasteiger partial charge in [0.25, 0.3) is 0 Å². The van der Waals surface area contributed by atoms with Crippen molar-refractivity contribution in [2.24, 2.45) is 0 Å². The number of hydrogen-bond donors (Lipinski definition) is 1. The number of carboxylic acids is 1. The Kier molecular flexibility index (Phi) is 5.77. The van der Waals surface area contributed by atoms with Gasteiger partial charge in [0.2, 0.25) is 10.0 Å². The van der Waals surface area contributed by atoms with Gasteiger partial charge in [0.05, 0.1) is 5.75 Å². The van der Waals surface area contributed by atoms with Crippen LogP contribution >= 0.6 is 0 Å². The molecule has 0 aromatic heterocycles. The van der Waals surface area contributed by atoms with Crippen molar-refractivity contribution in [3.63, 3.8) is 0 Å². The molecule has 0 amide bonds. The molecule has 0 bridgehead atoms. The summed E-state index contributed by atoms with van der Waals surface area (Å²) in [6.45, 7) is 1.74. The lowest BCUT2D eigenvalue weighted by atomic mass is 10.5. The highest BCUT2D eigenvalue weighted by Crippen LogP contribution is 2.01. The normalized spacial score (nSPS) is 12.3. The molecule has 6 nitrogen and oxygen atoms in total. The highest BCUT2D eigenvalue weighted by molar-refractivity contribution is 7.89. The molecule has 0 rings (SSSR count). The van der Waals surface area contributed by atoms with Crippen LogP contribution in [0, 0.1) is 0 Å². The van der Waals surface area contributed by atoms with E-state index in [1.165, 1.54) is 6.92 Å². The molecule has 0 unspecified atom stereocenters. The van der Waals surface area contributed by atoms with Gasteiger partial charge in [-0.2, -0.15) is 4.31 Å². The number of likely N-dealkylation sites (N-methyl/N-ethyl adjacent to an activating group) is 1. The molecule has 15 heavy (non-hydrogen) atoms. The summed E-state index contributed by atoms with van der Waals surface area (Å²) in [4.78, 5) is 12.3. The van der Waals surface area contributed by atoms with Gasteiger partial charge in [0.1, 0.15) is 6.54 Å². The van der Waals surface area contributed by atoms with Crippen molar-refractivity contribution in [2.45, 2.75) is 6.92 Å². The Balaban J connectivity index is 4.52. The van der Waals surface area contributed by atoms with Gasteiger partial charge in [0.15, 0.2) is 0 Å². The maximum atomic E-state index is 11.5. The molecule has 0 spiro atoms. The number of aliphatic carboxylic acids is 1. The van der Waals surface area contributed by atoms with E-state index in [0.29, 0.717) is 6.54 Å². The van der Waals surface area contributed by atoms with E-state index in [1.807, 2.05) is 0 Å². The maximum absolute atomic E-state index is 11.5. The van der Waals surface area contributed by atoms with E-state index < -0.39 is 22.5 Å². The van der Waals surface area contributed by atoms with E-state index >= 15 is 0 Å². The first-order valence-corrected chi connectivity index (χ1v) is 6.25. The summed E-state index contributed by atoms with van der Waals surface area (Å²) in [5, 5.41) is 8.59. The lowest BCUT2D eigenvalue weighted by Crippen LogP contribution is -2.40. The molecule has 7 heteroatoms. The first-order valence-electron chi connectivity index (χ1n) is 4.64. The van der Waals surface area contributed by atoms with Gasteiger partial charge in [-0.15, -0.1) is 0 Å². The fourth-order valence-electron chi connectivity index (χ4n) is 0.961. The molecule has 0 aromatic rings. The molecular formula is C8H18N2O4S. The van der Waals surface area contributed by atoms with Crippen LogP contribution in [0.1, 0.15) is 6.92 Å². The summed E-state index contributed by atoms with van der Waals surface area (Å²) in [7, 11) is 0.181. The SMILES string of the molecule is CCS(=O)(=O)N(CCN(C)C)CC(=O)O. The monoisotopic (exact) mass is 238 g/mol. The molecule has 0 aromatic carbocycles. The van der Waals surface area contributed by atoms with E-state index in [-0.39, 0.29) is 12.3 Å². The minimum Gasteiger partial charge on any atom is -0.480 e. The Morgan fingerprint density at radius 2 is 1.80 bits per heavy atom. The minimum absolute atomic E-state index is 0.0757. The third kappa shape index (κ3) is 5.71. The van der Waals surface area contributed by atoms with Crippen LogP contribution in [-0.2, 0) is 14.8 Å². The third-order valence-corrected chi connectivity index (χ3v) is 3.69. The predicted octanol–water partition coefficient (Wildman–Crippen LogP) is -0.716. The molecule has 0 aliphatic rings. The van der Waals surface area contributed by atoms with Crippen LogP contribution in [-0.4, -0.2) is 68.2 Å². The molecule has 0 atom stereocenters. The van der Waals surface area contributed by atoms with Gasteiger partial charge in [-0.3, -0.25) is 4.79 Å². The Labute approximate surface area is 90.5 Å². The summed E-state index contributed by atoms with van der Waals surface area (Å²) in [5.74, 6) is -1.21. The smallest absolute Gasteiger partial charge is 0.318 e. The zero-order valence-corrected chi connectivity index (χ0v) is 10.1. The largest absolute Gasteiger partial charge is 0.480 e. The summed E-state index contributed by atoms with van der Waals surface area (Å²) >= 11 is 0. The highest BCUT2D eigenvalue weighted by Gasteiger charge is 2.22. The van der Waals surface area contributed by atoms with Crippen molar-refractivity contribution in [3.05, 3.63) is 0 Å². The van der Waals surface area contributed by atoms with Crippen molar-refractivity contribution in [3.8, 4) is 0 Å². The van der Waals surface area contributed by atoms with Crippen molar-refractivity contribution >= 4 is 16.0 Å². The lowest BCUT2D eigenvalue weighted by Gasteiger charge is -2.21. The first kappa shape index (κ1) is 14.3. The van der Waals surface area contributed by atoms with Crippen LogP contribution in [0.3, 0.4) is 0 Å². The van der Waals surface area contributed by atoms with Gasteiger partial charge in [0, 0.05) is 13.1 Å². The van der Waals surface area contributed by atoms with Gasteiger partial charge >= 0.3 is 5.97 Å². The molecule has 0 radical (unpaired) electrons. The molecule has 0 aliphatic carbocycles. The maximum Gasteiger partial charge on any atom is 0.318 e. The van der Waals surface area contributed by atoms with E-state index in [0.717, 1.165) is 4.31 Å². The highest BCUT2D eigenvalue weighted by atomic mass is 32.2. The Hall–Kier alpha value is -0.660. The summed E-state index contributed by atoms with van der Waals surface area (Å²) < 4.78 is 24.0. The number of sulfonamides is 1. The summed E-state index contributed by atoms with van der Waals surface area (Å²) in [6.07, 6.45) is 0.